The maximum atomic E-state index is 10.2. The van der Waals surface area contributed by atoms with Gasteiger partial charge in [-0.2, -0.15) is 20.5 Å². The maximum absolute atomic E-state index is 10.2. The van der Waals surface area contributed by atoms with E-state index in [2.05, 4.69) is 20.5 Å². The highest BCUT2D eigenvalue weighted by Crippen LogP contribution is 2.30. The van der Waals surface area contributed by atoms with Gasteiger partial charge in [-0.25, -0.2) is 0 Å². The summed E-state index contributed by atoms with van der Waals surface area (Å²) in [6, 6.07) is 0.121. The van der Waals surface area contributed by atoms with Crippen LogP contribution in [-0.2, 0) is 0 Å². The van der Waals surface area contributed by atoms with E-state index in [1.807, 2.05) is 13.8 Å². The monoisotopic (exact) mass is 237 g/mol. The molecular weight excluding hydrogens is 222 g/mol. The van der Waals surface area contributed by atoms with Crippen molar-refractivity contribution in [3.63, 3.8) is 0 Å². The highest BCUT2D eigenvalue weighted by molar-refractivity contribution is 5.31. The Labute approximate surface area is 98.4 Å². The molecule has 2 heterocycles. The smallest absolute Gasteiger partial charge is 0.163 e. The van der Waals surface area contributed by atoms with Crippen molar-refractivity contribution in [3.8, 4) is 5.75 Å². The summed E-state index contributed by atoms with van der Waals surface area (Å²) in [5, 5.41) is 24.4. The van der Waals surface area contributed by atoms with E-state index >= 15 is 0 Å². The standard InChI is InChI=1S/C10H15N5O2/c1-6(2)15-9(8(17-3)5-12-15)10(16)7-4-11-14-13-7/h4-6,10,16H,1-3H3,(H,11,13,14). The first-order chi connectivity index (χ1) is 8.15. The molecule has 2 aromatic rings. The third-order valence-corrected chi connectivity index (χ3v) is 2.48. The van der Waals surface area contributed by atoms with Gasteiger partial charge in [-0.1, -0.05) is 0 Å². The molecule has 0 spiro atoms. The van der Waals surface area contributed by atoms with Crippen LogP contribution < -0.4 is 4.74 Å². The van der Waals surface area contributed by atoms with Gasteiger partial charge in [-0.15, -0.1) is 0 Å². The zero-order valence-corrected chi connectivity index (χ0v) is 9.95. The van der Waals surface area contributed by atoms with Crippen molar-refractivity contribution in [2.24, 2.45) is 0 Å². The normalized spacial score (nSPS) is 13.0. The van der Waals surface area contributed by atoms with Gasteiger partial charge in [0.1, 0.15) is 17.5 Å². The van der Waals surface area contributed by atoms with Crippen LogP contribution in [0, 0.1) is 0 Å². The Kier molecular flexibility index (Phi) is 3.10. The number of aromatic nitrogens is 5. The number of nitrogens with one attached hydrogen (secondary N) is 1. The van der Waals surface area contributed by atoms with Crippen LogP contribution in [0.1, 0.15) is 37.4 Å². The molecule has 92 valence electrons. The Bertz CT molecular complexity index is 477. The number of hydrogen-bond acceptors (Lipinski definition) is 5. The molecule has 0 aromatic carbocycles. The Morgan fingerprint density at radius 2 is 2.18 bits per heavy atom. The second-order valence-electron chi connectivity index (χ2n) is 3.93. The Morgan fingerprint density at radius 3 is 2.71 bits per heavy atom. The molecule has 0 aliphatic heterocycles. The van der Waals surface area contributed by atoms with Crippen LogP contribution >= 0.6 is 0 Å². The fourth-order valence-electron chi connectivity index (χ4n) is 1.67. The Balaban J connectivity index is 2.45. The van der Waals surface area contributed by atoms with Gasteiger partial charge in [-0.3, -0.25) is 4.68 Å². The summed E-state index contributed by atoms with van der Waals surface area (Å²) in [6.07, 6.45) is 2.15. The number of nitrogens with zero attached hydrogens (tertiary/aromatic N) is 4. The number of rotatable bonds is 4. The molecule has 7 nitrogen and oxygen atoms in total. The molecule has 7 heteroatoms. The van der Waals surface area contributed by atoms with Gasteiger partial charge in [0, 0.05) is 6.04 Å². The minimum atomic E-state index is -0.909. The topological polar surface area (TPSA) is 88.9 Å². The second-order valence-corrected chi connectivity index (χ2v) is 3.93. The fraction of sp³-hybridized carbons (Fsp3) is 0.500. The number of aromatic amines is 1. The first-order valence-electron chi connectivity index (χ1n) is 5.30. The molecular formula is C10H15N5O2. The predicted octanol–water partition coefficient (Wildman–Crippen LogP) is 0.672. The number of aliphatic hydroxyl groups excluding tert-OH is 1. The van der Waals surface area contributed by atoms with Crippen LogP contribution in [0.25, 0.3) is 0 Å². The summed E-state index contributed by atoms with van der Waals surface area (Å²) in [6.45, 7) is 3.96. The van der Waals surface area contributed by atoms with Gasteiger partial charge in [0.25, 0.3) is 0 Å². The molecule has 0 bridgehead atoms. The average Bonchev–Trinajstić information content (AvgIpc) is 2.96. The molecule has 2 rings (SSSR count). The zero-order chi connectivity index (χ0) is 12.4. The van der Waals surface area contributed by atoms with Gasteiger partial charge < -0.3 is 9.84 Å². The van der Waals surface area contributed by atoms with Crippen molar-refractivity contribution in [3.05, 3.63) is 23.8 Å². The van der Waals surface area contributed by atoms with E-state index in [0.717, 1.165) is 0 Å². The Hall–Kier alpha value is -1.89. The van der Waals surface area contributed by atoms with Crippen molar-refractivity contribution >= 4 is 0 Å². The molecule has 0 amide bonds. The molecule has 1 atom stereocenters. The van der Waals surface area contributed by atoms with Crippen molar-refractivity contribution in [2.75, 3.05) is 7.11 Å². The average molecular weight is 237 g/mol. The van der Waals surface area contributed by atoms with Crippen molar-refractivity contribution in [1.29, 1.82) is 0 Å². The van der Waals surface area contributed by atoms with E-state index in [0.29, 0.717) is 17.1 Å². The summed E-state index contributed by atoms with van der Waals surface area (Å²) in [5.41, 5.74) is 1.02. The molecule has 0 fully saturated rings. The van der Waals surface area contributed by atoms with Crippen molar-refractivity contribution < 1.29 is 9.84 Å². The summed E-state index contributed by atoms with van der Waals surface area (Å²) in [5.74, 6) is 0.536. The first kappa shape index (κ1) is 11.6. The lowest BCUT2D eigenvalue weighted by atomic mass is 10.2. The quantitative estimate of drug-likeness (QED) is 0.816. The van der Waals surface area contributed by atoms with Gasteiger partial charge in [0.15, 0.2) is 5.75 Å². The Morgan fingerprint density at radius 1 is 1.41 bits per heavy atom. The van der Waals surface area contributed by atoms with Gasteiger partial charge >= 0.3 is 0 Å². The minimum absolute atomic E-state index is 0.121. The van der Waals surface area contributed by atoms with Crippen LogP contribution in [0.4, 0.5) is 0 Å². The molecule has 1 unspecified atom stereocenters. The summed E-state index contributed by atoms with van der Waals surface area (Å²) >= 11 is 0. The molecule has 0 aliphatic carbocycles. The number of aliphatic hydroxyl groups is 1. The van der Waals surface area contributed by atoms with E-state index in [-0.39, 0.29) is 6.04 Å². The fourth-order valence-corrected chi connectivity index (χ4v) is 1.67. The molecule has 0 aliphatic rings. The summed E-state index contributed by atoms with van der Waals surface area (Å²) in [7, 11) is 1.54. The molecule has 0 radical (unpaired) electrons. The second kappa shape index (κ2) is 4.54. The van der Waals surface area contributed by atoms with Crippen molar-refractivity contribution in [2.45, 2.75) is 26.0 Å². The third-order valence-electron chi connectivity index (χ3n) is 2.48. The van der Waals surface area contributed by atoms with Crippen LogP contribution in [0.5, 0.6) is 5.75 Å². The highest BCUT2D eigenvalue weighted by atomic mass is 16.5. The predicted molar refractivity (Wildman–Crippen MR) is 59.6 cm³/mol. The van der Waals surface area contributed by atoms with Crippen LogP contribution in [0.15, 0.2) is 12.4 Å². The van der Waals surface area contributed by atoms with Crippen LogP contribution in [-0.4, -0.2) is 37.4 Å². The lowest BCUT2D eigenvalue weighted by Gasteiger charge is -2.15. The first-order valence-corrected chi connectivity index (χ1v) is 5.30. The molecule has 17 heavy (non-hydrogen) atoms. The van der Waals surface area contributed by atoms with Gasteiger partial charge in [-0.05, 0) is 13.8 Å². The van der Waals surface area contributed by atoms with E-state index in [1.165, 1.54) is 6.20 Å². The lowest BCUT2D eigenvalue weighted by Crippen LogP contribution is -2.13. The van der Waals surface area contributed by atoms with Crippen LogP contribution in [0.2, 0.25) is 0 Å². The van der Waals surface area contributed by atoms with E-state index < -0.39 is 6.10 Å². The maximum Gasteiger partial charge on any atom is 0.163 e. The van der Waals surface area contributed by atoms with E-state index in [4.69, 9.17) is 4.74 Å². The lowest BCUT2D eigenvalue weighted by molar-refractivity contribution is 0.195. The largest absolute Gasteiger partial charge is 0.493 e. The molecule has 0 saturated carbocycles. The SMILES string of the molecule is COc1cnn(C(C)C)c1C(O)c1cn[nH]n1. The molecule has 0 saturated heterocycles. The number of H-pyrrole nitrogens is 1. The van der Waals surface area contributed by atoms with E-state index in [1.54, 1.807) is 18.0 Å². The molecule has 2 aromatic heterocycles. The minimum Gasteiger partial charge on any atom is -0.493 e. The number of ether oxygens (including phenoxy) is 1. The molecule has 2 N–H and O–H groups in total. The summed E-state index contributed by atoms with van der Waals surface area (Å²) < 4.78 is 6.90. The number of methoxy groups -OCH3 is 1. The van der Waals surface area contributed by atoms with Crippen LogP contribution in [0.3, 0.4) is 0 Å². The van der Waals surface area contributed by atoms with Gasteiger partial charge in [0.05, 0.1) is 19.5 Å². The summed E-state index contributed by atoms with van der Waals surface area (Å²) in [4.78, 5) is 0. The zero-order valence-electron chi connectivity index (χ0n) is 9.95. The van der Waals surface area contributed by atoms with Gasteiger partial charge in [0.2, 0.25) is 0 Å². The third kappa shape index (κ3) is 2.01. The van der Waals surface area contributed by atoms with E-state index in [9.17, 15) is 5.11 Å². The van der Waals surface area contributed by atoms with Crippen molar-refractivity contribution in [1.82, 2.24) is 25.2 Å². The number of hydrogen-bond donors (Lipinski definition) is 2. The highest BCUT2D eigenvalue weighted by Gasteiger charge is 2.24.